The molecule has 0 unspecified atom stereocenters. The first-order valence-corrected chi connectivity index (χ1v) is 8.49. The summed E-state index contributed by atoms with van der Waals surface area (Å²) in [4.78, 5) is 22.6. The zero-order chi connectivity index (χ0) is 18.9. The van der Waals surface area contributed by atoms with E-state index in [9.17, 15) is 14.9 Å². The van der Waals surface area contributed by atoms with Crippen LogP contribution in [-0.4, -0.2) is 17.4 Å². The van der Waals surface area contributed by atoms with Crippen molar-refractivity contribution in [1.29, 1.82) is 0 Å². The van der Waals surface area contributed by atoms with E-state index >= 15 is 0 Å². The number of carbonyl (C=O) groups excluding carboxylic acids is 1. The predicted octanol–water partition coefficient (Wildman–Crippen LogP) is 4.37. The lowest BCUT2D eigenvalue weighted by Gasteiger charge is -2.06. The van der Waals surface area contributed by atoms with Gasteiger partial charge in [0.25, 0.3) is 0 Å². The van der Waals surface area contributed by atoms with E-state index in [0.717, 1.165) is 12.0 Å². The molecular formula is C19H19ClN2O4. The summed E-state index contributed by atoms with van der Waals surface area (Å²) in [5.41, 5.74) is 1.22. The normalized spacial score (nSPS) is 10.7. The van der Waals surface area contributed by atoms with Crippen molar-refractivity contribution in [2.45, 2.75) is 19.9 Å². The number of nitro benzene ring substituents is 1. The van der Waals surface area contributed by atoms with Gasteiger partial charge >= 0.3 is 5.69 Å². The molecule has 0 saturated heterocycles. The van der Waals surface area contributed by atoms with E-state index in [4.69, 9.17) is 16.3 Å². The van der Waals surface area contributed by atoms with E-state index in [0.29, 0.717) is 23.7 Å². The first kappa shape index (κ1) is 19.5. The van der Waals surface area contributed by atoms with E-state index in [1.54, 1.807) is 12.1 Å². The Morgan fingerprint density at radius 2 is 2.08 bits per heavy atom. The second kappa shape index (κ2) is 9.58. The van der Waals surface area contributed by atoms with E-state index < -0.39 is 4.92 Å². The topological polar surface area (TPSA) is 81.5 Å². The van der Waals surface area contributed by atoms with Gasteiger partial charge in [0.15, 0.2) is 5.75 Å². The third kappa shape index (κ3) is 5.60. The molecule has 6 nitrogen and oxygen atoms in total. The summed E-state index contributed by atoms with van der Waals surface area (Å²) in [6.07, 6.45) is 3.59. The second-order valence-electron chi connectivity index (χ2n) is 5.48. The number of hydrogen-bond donors (Lipinski definition) is 1. The number of ether oxygens (including phenoxy) is 1. The van der Waals surface area contributed by atoms with Gasteiger partial charge in [0.2, 0.25) is 5.91 Å². The van der Waals surface area contributed by atoms with Crippen molar-refractivity contribution in [2.75, 3.05) is 6.61 Å². The maximum Gasteiger partial charge on any atom is 0.311 e. The number of hydrogen-bond acceptors (Lipinski definition) is 4. The molecule has 2 aromatic carbocycles. The molecule has 2 aromatic rings. The van der Waals surface area contributed by atoms with Crippen LogP contribution in [0.5, 0.6) is 5.75 Å². The number of rotatable bonds is 8. The quantitative estimate of drug-likeness (QED) is 0.422. The molecule has 0 bridgehead atoms. The molecule has 0 radical (unpaired) electrons. The number of carbonyl (C=O) groups is 1. The van der Waals surface area contributed by atoms with Crippen LogP contribution in [0.1, 0.15) is 24.5 Å². The van der Waals surface area contributed by atoms with E-state index in [1.807, 2.05) is 25.1 Å². The summed E-state index contributed by atoms with van der Waals surface area (Å²) in [7, 11) is 0. The van der Waals surface area contributed by atoms with Crippen LogP contribution < -0.4 is 10.1 Å². The van der Waals surface area contributed by atoms with Crippen LogP contribution in [0.4, 0.5) is 5.69 Å². The molecule has 0 aliphatic carbocycles. The largest absolute Gasteiger partial charge is 0.487 e. The Kier molecular flexibility index (Phi) is 7.17. The van der Waals surface area contributed by atoms with Crippen LogP contribution in [0.2, 0.25) is 5.02 Å². The maximum atomic E-state index is 11.9. The first-order chi connectivity index (χ1) is 12.5. The molecule has 0 fully saturated rings. The Labute approximate surface area is 156 Å². The van der Waals surface area contributed by atoms with Gasteiger partial charge in [-0.1, -0.05) is 42.8 Å². The van der Waals surface area contributed by atoms with Crippen LogP contribution >= 0.6 is 11.6 Å². The summed E-state index contributed by atoms with van der Waals surface area (Å²) < 4.78 is 5.37. The average Bonchev–Trinajstić information content (AvgIpc) is 2.64. The number of amides is 1. The molecule has 7 heteroatoms. The zero-order valence-electron chi connectivity index (χ0n) is 14.3. The van der Waals surface area contributed by atoms with Gasteiger partial charge in [-0.3, -0.25) is 14.9 Å². The molecule has 0 aromatic heterocycles. The monoisotopic (exact) mass is 374 g/mol. The lowest BCUT2D eigenvalue weighted by atomic mass is 10.1. The average molecular weight is 375 g/mol. The van der Waals surface area contributed by atoms with Gasteiger partial charge in [-0.25, -0.2) is 0 Å². The van der Waals surface area contributed by atoms with Crippen LogP contribution in [0, 0.1) is 10.1 Å². The van der Waals surface area contributed by atoms with Crippen molar-refractivity contribution in [3.63, 3.8) is 0 Å². The fourth-order valence-electron chi connectivity index (χ4n) is 2.17. The molecule has 1 amide bonds. The minimum atomic E-state index is -0.500. The summed E-state index contributed by atoms with van der Waals surface area (Å²) >= 11 is 6.03. The molecule has 0 atom stereocenters. The van der Waals surface area contributed by atoms with Gasteiger partial charge in [0, 0.05) is 23.7 Å². The first-order valence-electron chi connectivity index (χ1n) is 8.11. The molecule has 0 aliphatic rings. The van der Waals surface area contributed by atoms with E-state index in [1.165, 1.54) is 24.3 Å². The Morgan fingerprint density at radius 3 is 2.77 bits per heavy atom. The molecule has 0 saturated carbocycles. The van der Waals surface area contributed by atoms with Crippen LogP contribution in [0.15, 0.2) is 48.5 Å². The Bertz CT molecular complexity index is 821. The third-order valence-electron chi connectivity index (χ3n) is 3.48. The van der Waals surface area contributed by atoms with E-state index in [-0.39, 0.29) is 17.3 Å². The second-order valence-corrected chi connectivity index (χ2v) is 5.88. The molecule has 26 heavy (non-hydrogen) atoms. The summed E-state index contributed by atoms with van der Waals surface area (Å²) in [6, 6.07) is 11.8. The number of nitrogens with zero attached hydrogens (tertiary/aromatic N) is 1. The number of halogens is 1. The van der Waals surface area contributed by atoms with E-state index in [2.05, 4.69) is 5.32 Å². The SMILES string of the molecule is CCCOc1ccc(/C=C/C(=O)NCc2ccccc2Cl)cc1[N+](=O)[O-]. The summed E-state index contributed by atoms with van der Waals surface area (Å²) in [5.74, 6) is -0.101. The highest BCUT2D eigenvalue weighted by Gasteiger charge is 2.15. The van der Waals surface area contributed by atoms with Gasteiger partial charge in [-0.2, -0.15) is 0 Å². The molecule has 136 valence electrons. The van der Waals surface area contributed by atoms with Crippen molar-refractivity contribution in [1.82, 2.24) is 5.32 Å². The highest BCUT2D eigenvalue weighted by atomic mass is 35.5. The van der Waals surface area contributed by atoms with Gasteiger partial charge in [0.05, 0.1) is 11.5 Å². The van der Waals surface area contributed by atoms with Crippen molar-refractivity contribution < 1.29 is 14.5 Å². The lowest BCUT2D eigenvalue weighted by Crippen LogP contribution is -2.20. The maximum absolute atomic E-state index is 11.9. The van der Waals surface area contributed by atoms with Crippen molar-refractivity contribution in [3.8, 4) is 5.75 Å². The number of nitrogens with one attached hydrogen (secondary N) is 1. The Hall–Kier alpha value is -2.86. The fourth-order valence-corrected chi connectivity index (χ4v) is 2.37. The van der Waals surface area contributed by atoms with Crippen molar-refractivity contribution in [3.05, 3.63) is 74.8 Å². The minimum absolute atomic E-state index is 0.128. The number of benzene rings is 2. The van der Waals surface area contributed by atoms with Crippen molar-refractivity contribution in [2.24, 2.45) is 0 Å². The highest BCUT2D eigenvalue weighted by molar-refractivity contribution is 6.31. The highest BCUT2D eigenvalue weighted by Crippen LogP contribution is 2.28. The van der Waals surface area contributed by atoms with Crippen LogP contribution in [-0.2, 0) is 11.3 Å². The molecule has 0 aliphatic heterocycles. The standard InChI is InChI=1S/C19H19ClN2O4/c1-2-11-26-18-9-7-14(12-17(18)22(24)25)8-10-19(23)21-13-15-5-3-4-6-16(15)20/h3-10,12H,2,11,13H2,1H3,(H,21,23)/b10-8+. The number of nitro groups is 1. The van der Waals surface area contributed by atoms with Gasteiger partial charge in [0.1, 0.15) is 0 Å². The summed E-state index contributed by atoms with van der Waals surface area (Å²) in [5, 5.41) is 14.5. The third-order valence-corrected chi connectivity index (χ3v) is 3.85. The molecule has 0 heterocycles. The molecule has 2 rings (SSSR count). The van der Waals surface area contributed by atoms with Gasteiger partial charge in [-0.15, -0.1) is 0 Å². The molecular weight excluding hydrogens is 356 g/mol. The predicted molar refractivity (Wildman–Crippen MR) is 101 cm³/mol. The van der Waals surface area contributed by atoms with Crippen LogP contribution in [0.3, 0.4) is 0 Å². The summed E-state index contributed by atoms with van der Waals surface area (Å²) in [6.45, 7) is 2.62. The van der Waals surface area contributed by atoms with Crippen LogP contribution in [0.25, 0.3) is 6.08 Å². The Morgan fingerprint density at radius 1 is 1.31 bits per heavy atom. The molecule has 1 N–H and O–H groups in total. The van der Waals surface area contributed by atoms with Gasteiger partial charge < -0.3 is 10.1 Å². The minimum Gasteiger partial charge on any atom is -0.487 e. The smallest absolute Gasteiger partial charge is 0.311 e. The zero-order valence-corrected chi connectivity index (χ0v) is 15.0. The Balaban J connectivity index is 2.02. The molecule has 0 spiro atoms. The fraction of sp³-hybridized carbons (Fsp3) is 0.211. The van der Waals surface area contributed by atoms with Gasteiger partial charge in [-0.05, 0) is 35.8 Å². The van der Waals surface area contributed by atoms with Crippen molar-refractivity contribution >= 4 is 29.3 Å². The lowest BCUT2D eigenvalue weighted by molar-refractivity contribution is -0.385.